The first-order chi connectivity index (χ1) is 17.2. The van der Waals surface area contributed by atoms with E-state index in [0.717, 1.165) is 33.8 Å². The normalized spacial score (nSPS) is 19.9. The Morgan fingerprint density at radius 1 is 0.632 bits per heavy atom. The van der Waals surface area contributed by atoms with Crippen LogP contribution in [0.25, 0.3) is 0 Å². The van der Waals surface area contributed by atoms with E-state index in [0.29, 0.717) is 0 Å². The molecule has 4 rings (SSSR count). The summed E-state index contributed by atoms with van der Waals surface area (Å²) in [6.07, 6.45) is 6.31. The van der Waals surface area contributed by atoms with Gasteiger partial charge in [0, 0.05) is 11.1 Å². The second-order valence-corrected chi connectivity index (χ2v) is 14.1. The molecule has 2 aromatic rings. The maximum atomic E-state index is 5.72. The summed E-state index contributed by atoms with van der Waals surface area (Å²) in [6.45, 7) is 18.0. The van der Waals surface area contributed by atoms with Gasteiger partial charge in [0.05, 0.1) is 13.8 Å². The number of rotatable bonds is 6. The van der Waals surface area contributed by atoms with Crippen LogP contribution in [-0.2, 0) is 46.3 Å². The van der Waals surface area contributed by atoms with E-state index >= 15 is 0 Å². The summed E-state index contributed by atoms with van der Waals surface area (Å²) in [6, 6.07) is 16.1. The predicted molar refractivity (Wildman–Crippen MR) is 153 cm³/mol. The van der Waals surface area contributed by atoms with Gasteiger partial charge in [-0.2, -0.15) is 9.79 Å². The largest absolute Gasteiger partial charge is 2.00 e. The van der Waals surface area contributed by atoms with Gasteiger partial charge in [0.2, 0.25) is 12.4 Å². The number of nitrogens with zero attached hydrogens (tertiary/aromatic N) is 4. The molecular weight excluding hydrogens is 688 g/mol. The molecule has 2 heterocycles. The molecule has 0 spiro atoms. The zero-order chi connectivity index (χ0) is 27.2. The van der Waals surface area contributed by atoms with Gasteiger partial charge in [-0.15, -0.1) is 0 Å². The third kappa shape index (κ3) is 6.87. The standard InChI is InChI=1S/C31H40N4S2.Pt/c1-29(2,3)17-21-19-34(32-27(21)23-13-9-11-15-25(23)36)31(7,8)35-20-22(18-30(4,5)6)28(33-35)24-14-10-12-16-26(24)37;/h9-16,19-20,27-28H,17-18H2,1-8H3;/q;+2. The number of hydrogen-bond acceptors (Lipinski definition) is 4. The minimum atomic E-state index is -0.511. The summed E-state index contributed by atoms with van der Waals surface area (Å²) in [4.78, 5) is 1.71. The van der Waals surface area contributed by atoms with Gasteiger partial charge in [0.15, 0.2) is 12.1 Å². The van der Waals surface area contributed by atoms with Crippen LogP contribution in [0.3, 0.4) is 0 Å². The molecular formula is C31H40N4PtS2+2. The molecule has 0 amide bonds. The summed E-state index contributed by atoms with van der Waals surface area (Å²) in [7, 11) is 0. The Labute approximate surface area is 254 Å². The molecule has 4 nitrogen and oxygen atoms in total. The van der Waals surface area contributed by atoms with Crippen molar-refractivity contribution < 1.29 is 30.5 Å². The molecule has 2 atom stereocenters. The van der Waals surface area contributed by atoms with E-state index in [1.54, 1.807) is 0 Å². The van der Waals surface area contributed by atoms with E-state index in [2.05, 4.69) is 101 Å². The molecule has 0 bridgehead atoms. The van der Waals surface area contributed by atoms with Gasteiger partial charge >= 0.3 is 26.7 Å². The molecule has 2 aromatic carbocycles. The van der Waals surface area contributed by atoms with Gasteiger partial charge in [-0.25, -0.2) is 0 Å². The predicted octanol–water partition coefficient (Wildman–Crippen LogP) is 8.61. The molecule has 0 aromatic heterocycles. The van der Waals surface area contributed by atoms with Crippen molar-refractivity contribution in [2.24, 2.45) is 21.1 Å². The maximum absolute atomic E-state index is 5.72. The quantitative estimate of drug-likeness (QED) is 0.221. The average molecular weight is 728 g/mol. The second-order valence-electron chi connectivity index (χ2n) is 13.2. The number of hydrogen-bond donors (Lipinski definition) is 0. The fourth-order valence-corrected chi connectivity index (χ4v) is 5.59. The van der Waals surface area contributed by atoms with Crippen LogP contribution in [0.2, 0.25) is 0 Å². The molecule has 0 N–H and O–H groups in total. The van der Waals surface area contributed by atoms with Crippen molar-refractivity contribution in [2.45, 2.75) is 95.8 Å². The molecule has 2 unspecified atom stereocenters. The van der Waals surface area contributed by atoms with E-state index < -0.39 is 5.66 Å². The Bertz CT molecular complexity index is 1210. The van der Waals surface area contributed by atoms with Crippen molar-refractivity contribution in [2.75, 3.05) is 0 Å². The summed E-state index contributed by atoms with van der Waals surface area (Å²) in [5.74, 6) is 0. The fourth-order valence-electron chi connectivity index (χ4n) is 5.07. The van der Waals surface area contributed by atoms with Crippen molar-refractivity contribution >= 4 is 25.3 Å². The van der Waals surface area contributed by atoms with Crippen molar-refractivity contribution in [1.82, 2.24) is 0 Å². The smallest absolute Gasteiger partial charge is 0.779 e. The second kappa shape index (κ2) is 11.4. The Balaban J connectivity index is 0.00000400. The van der Waals surface area contributed by atoms with Crippen molar-refractivity contribution in [1.29, 1.82) is 0 Å². The average Bonchev–Trinajstić information content (AvgIpc) is 3.37. The Morgan fingerprint density at radius 3 is 1.29 bits per heavy atom. The molecule has 0 fully saturated rings. The van der Waals surface area contributed by atoms with Crippen LogP contribution in [0.4, 0.5) is 0 Å². The minimum Gasteiger partial charge on any atom is -0.779 e. The third-order valence-electron chi connectivity index (χ3n) is 6.78. The minimum absolute atomic E-state index is 0. The van der Waals surface area contributed by atoms with Crippen LogP contribution in [0, 0.1) is 10.8 Å². The van der Waals surface area contributed by atoms with Crippen LogP contribution in [0.5, 0.6) is 0 Å². The van der Waals surface area contributed by atoms with E-state index in [1.165, 1.54) is 11.1 Å². The van der Waals surface area contributed by atoms with Crippen LogP contribution < -0.4 is 0 Å². The summed E-state index contributed by atoms with van der Waals surface area (Å²) in [5.41, 5.74) is 4.49. The Hall–Kier alpha value is -1.75. The van der Waals surface area contributed by atoms with E-state index in [9.17, 15) is 0 Å². The molecule has 2 aliphatic heterocycles. The Kier molecular flexibility index (Phi) is 9.23. The van der Waals surface area contributed by atoms with Crippen LogP contribution in [0.1, 0.15) is 91.4 Å². The van der Waals surface area contributed by atoms with Gasteiger partial charge in [-0.05, 0) is 54.4 Å². The maximum Gasteiger partial charge on any atom is 2.00 e. The fraction of sp³-hybridized carbons (Fsp3) is 0.484. The van der Waals surface area contributed by atoms with Gasteiger partial charge < -0.3 is 25.3 Å². The van der Waals surface area contributed by atoms with Crippen molar-refractivity contribution in [3.8, 4) is 0 Å². The molecule has 0 aliphatic carbocycles. The first-order valence-electron chi connectivity index (χ1n) is 13.1. The van der Waals surface area contributed by atoms with E-state index in [1.807, 2.05) is 24.3 Å². The zero-order valence-corrected chi connectivity index (χ0v) is 27.7. The third-order valence-corrected chi connectivity index (χ3v) is 7.52. The summed E-state index contributed by atoms with van der Waals surface area (Å²) in [5, 5.41) is 10.5. The summed E-state index contributed by atoms with van der Waals surface area (Å²) >= 11 is 11.4. The van der Waals surface area contributed by atoms with Crippen molar-refractivity contribution in [3.05, 3.63) is 83.2 Å². The van der Waals surface area contributed by atoms with Gasteiger partial charge in [0.1, 0.15) is 0 Å². The molecule has 0 saturated carbocycles. The van der Waals surface area contributed by atoms with E-state index in [-0.39, 0.29) is 44.0 Å². The Morgan fingerprint density at radius 2 is 0.974 bits per heavy atom. The monoisotopic (exact) mass is 727 g/mol. The topological polar surface area (TPSA) is 30.7 Å². The number of azo groups is 4. The molecule has 7 heteroatoms. The van der Waals surface area contributed by atoms with Crippen LogP contribution >= 0.6 is 0 Å². The molecule has 0 saturated heterocycles. The SMILES string of the molecule is CC(C)(C)CC1=C[N+](C(C)(C)[N+]2=NC(c3ccccc3[S-])C(CC(C)(C)C)=C2)=NC1c1ccccc1[S-].[Pt+2]. The van der Waals surface area contributed by atoms with Gasteiger partial charge in [-0.3, -0.25) is 0 Å². The summed E-state index contributed by atoms with van der Waals surface area (Å²) < 4.78 is 4.19. The molecule has 38 heavy (non-hydrogen) atoms. The molecule has 204 valence electrons. The molecule has 0 radical (unpaired) electrons. The van der Waals surface area contributed by atoms with Gasteiger partial charge in [0.25, 0.3) is 0 Å². The van der Waals surface area contributed by atoms with Crippen LogP contribution in [-0.4, -0.2) is 15.1 Å². The first-order valence-corrected chi connectivity index (χ1v) is 13.9. The van der Waals surface area contributed by atoms with Crippen LogP contribution in [0.15, 0.2) is 92.1 Å². The zero-order valence-electron chi connectivity index (χ0n) is 23.8. The first kappa shape index (κ1) is 30.8. The molecule has 2 aliphatic rings. The number of benzene rings is 2. The van der Waals surface area contributed by atoms with Crippen molar-refractivity contribution in [3.63, 3.8) is 0 Å². The van der Waals surface area contributed by atoms with E-state index in [4.69, 9.17) is 35.5 Å². The van der Waals surface area contributed by atoms with Gasteiger partial charge in [-0.1, -0.05) is 90.1 Å².